The van der Waals surface area contributed by atoms with Gasteiger partial charge in [-0.15, -0.1) is 0 Å². The molecule has 1 fully saturated rings. The fraction of sp³-hybridized carbons (Fsp3) is 0.550. The molecule has 1 aromatic carbocycles. The third-order valence-corrected chi connectivity index (χ3v) is 4.67. The van der Waals surface area contributed by atoms with E-state index >= 15 is 0 Å². The van der Waals surface area contributed by atoms with Crippen molar-refractivity contribution in [3.63, 3.8) is 0 Å². The van der Waals surface area contributed by atoms with E-state index < -0.39 is 0 Å². The van der Waals surface area contributed by atoms with E-state index in [1.54, 1.807) is 0 Å². The van der Waals surface area contributed by atoms with Crippen LogP contribution in [0.5, 0.6) is 0 Å². The van der Waals surface area contributed by atoms with Crippen molar-refractivity contribution in [2.24, 2.45) is 0 Å². The molecule has 1 heterocycles. The van der Waals surface area contributed by atoms with Gasteiger partial charge in [-0.1, -0.05) is 23.8 Å². The summed E-state index contributed by atoms with van der Waals surface area (Å²) < 4.78 is 4.75. The van der Waals surface area contributed by atoms with Crippen LogP contribution in [0.3, 0.4) is 0 Å². The molecule has 0 aromatic heterocycles. The van der Waals surface area contributed by atoms with Crippen molar-refractivity contribution in [1.82, 2.24) is 9.80 Å². The summed E-state index contributed by atoms with van der Waals surface area (Å²) in [4.78, 5) is 16.6. The number of rotatable bonds is 5. The highest BCUT2D eigenvalue weighted by Crippen LogP contribution is 2.18. The monoisotopic (exact) mass is 330 g/mol. The topological polar surface area (TPSA) is 32.8 Å². The standard InChI is InChI=1S/C20H30N2O2/c1-15(2)10-11-22-16(3)12-21(13-17(22)4)14-18-6-8-19(9-7-18)20(23)24-5/h6-10,16-17H,11-14H2,1-5H3/t16-,17+. The lowest BCUT2D eigenvalue weighted by molar-refractivity contribution is 0.0439. The van der Waals surface area contributed by atoms with Gasteiger partial charge in [-0.2, -0.15) is 0 Å². The van der Waals surface area contributed by atoms with Crippen LogP contribution >= 0.6 is 0 Å². The Bertz CT molecular complexity index is 564. The number of benzene rings is 1. The molecule has 132 valence electrons. The van der Waals surface area contributed by atoms with Crippen LogP contribution in [0.25, 0.3) is 0 Å². The maximum absolute atomic E-state index is 11.5. The zero-order valence-corrected chi connectivity index (χ0v) is 15.6. The van der Waals surface area contributed by atoms with Gasteiger partial charge in [0.05, 0.1) is 12.7 Å². The van der Waals surface area contributed by atoms with Crippen molar-refractivity contribution < 1.29 is 9.53 Å². The molecule has 4 nitrogen and oxygen atoms in total. The molecule has 0 unspecified atom stereocenters. The number of nitrogens with zero attached hydrogens (tertiary/aromatic N) is 2. The average Bonchev–Trinajstić information content (AvgIpc) is 2.53. The zero-order valence-electron chi connectivity index (χ0n) is 15.6. The number of methoxy groups -OCH3 is 1. The predicted molar refractivity (Wildman–Crippen MR) is 98.1 cm³/mol. The predicted octanol–water partition coefficient (Wildman–Crippen LogP) is 3.33. The van der Waals surface area contributed by atoms with Gasteiger partial charge in [-0.25, -0.2) is 4.79 Å². The third kappa shape index (κ3) is 4.92. The van der Waals surface area contributed by atoms with Gasteiger partial charge >= 0.3 is 5.97 Å². The Morgan fingerprint density at radius 2 is 1.75 bits per heavy atom. The lowest BCUT2D eigenvalue weighted by Crippen LogP contribution is -2.56. The number of hydrogen-bond donors (Lipinski definition) is 0. The fourth-order valence-electron chi connectivity index (χ4n) is 3.37. The highest BCUT2D eigenvalue weighted by molar-refractivity contribution is 5.89. The Hall–Kier alpha value is -1.65. The molecule has 2 atom stereocenters. The molecule has 2 rings (SSSR count). The molecular weight excluding hydrogens is 300 g/mol. The Morgan fingerprint density at radius 1 is 1.17 bits per heavy atom. The first kappa shape index (κ1) is 18.7. The molecule has 0 amide bonds. The molecule has 1 aliphatic rings. The van der Waals surface area contributed by atoms with E-state index in [4.69, 9.17) is 4.74 Å². The molecule has 1 aliphatic heterocycles. The highest BCUT2D eigenvalue weighted by atomic mass is 16.5. The SMILES string of the molecule is COC(=O)c1ccc(CN2C[C@@H](C)N(CC=C(C)C)[C@@H](C)C2)cc1. The summed E-state index contributed by atoms with van der Waals surface area (Å²) in [6.07, 6.45) is 2.31. The van der Waals surface area contributed by atoms with Crippen LogP contribution in [-0.4, -0.2) is 54.6 Å². The first-order chi connectivity index (χ1) is 11.4. The second-order valence-corrected chi connectivity index (χ2v) is 7.06. The molecule has 1 saturated heterocycles. The first-order valence-corrected chi connectivity index (χ1v) is 8.69. The summed E-state index contributed by atoms with van der Waals surface area (Å²) in [7, 11) is 1.41. The van der Waals surface area contributed by atoms with Gasteiger partial charge in [0.1, 0.15) is 0 Å². The minimum Gasteiger partial charge on any atom is -0.465 e. The summed E-state index contributed by atoms with van der Waals surface area (Å²) in [6.45, 7) is 13.0. The molecule has 0 radical (unpaired) electrons. The van der Waals surface area contributed by atoms with Gasteiger partial charge in [0, 0.05) is 38.3 Å². The highest BCUT2D eigenvalue weighted by Gasteiger charge is 2.28. The first-order valence-electron chi connectivity index (χ1n) is 8.69. The molecule has 0 spiro atoms. The van der Waals surface area contributed by atoms with Crippen LogP contribution in [0.4, 0.5) is 0 Å². The van der Waals surface area contributed by atoms with Crippen LogP contribution in [-0.2, 0) is 11.3 Å². The molecule has 0 aliphatic carbocycles. The van der Waals surface area contributed by atoms with Crippen molar-refractivity contribution in [2.45, 2.75) is 46.3 Å². The summed E-state index contributed by atoms with van der Waals surface area (Å²) in [5.74, 6) is -0.281. The maximum atomic E-state index is 11.5. The van der Waals surface area contributed by atoms with Crippen molar-refractivity contribution in [1.29, 1.82) is 0 Å². The van der Waals surface area contributed by atoms with Gasteiger partial charge in [-0.05, 0) is 45.4 Å². The largest absolute Gasteiger partial charge is 0.465 e. The molecule has 0 saturated carbocycles. The van der Waals surface area contributed by atoms with Gasteiger partial charge in [0.2, 0.25) is 0 Å². The summed E-state index contributed by atoms with van der Waals surface area (Å²) in [6, 6.07) is 8.82. The smallest absolute Gasteiger partial charge is 0.337 e. The van der Waals surface area contributed by atoms with E-state index in [1.165, 1.54) is 18.2 Å². The molecular formula is C20H30N2O2. The van der Waals surface area contributed by atoms with Gasteiger partial charge in [0.25, 0.3) is 0 Å². The van der Waals surface area contributed by atoms with Crippen molar-refractivity contribution in [2.75, 3.05) is 26.7 Å². The van der Waals surface area contributed by atoms with Crippen LogP contribution < -0.4 is 0 Å². The normalized spacial score (nSPS) is 22.2. The number of esters is 1. The van der Waals surface area contributed by atoms with E-state index in [1.807, 2.05) is 24.3 Å². The lowest BCUT2D eigenvalue weighted by atomic mass is 10.1. The summed E-state index contributed by atoms with van der Waals surface area (Å²) in [5, 5.41) is 0. The summed E-state index contributed by atoms with van der Waals surface area (Å²) in [5.41, 5.74) is 3.22. The van der Waals surface area contributed by atoms with Crippen molar-refractivity contribution in [3.8, 4) is 0 Å². The Balaban J connectivity index is 1.95. The van der Waals surface area contributed by atoms with E-state index in [9.17, 15) is 4.79 Å². The second kappa shape index (κ2) is 8.45. The van der Waals surface area contributed by atoms with E-state index in [-0.39, 0.29) is 5.97 Å². The van der Waals surface area contributed by atoms with Gasteiger partial charge in [0.15, 0.2) is 0 Å². The van der Waals surface area contributed by atoms with Crippen molar-refractivity contribution in [3.05, 3.63) is 47.0 Å². The molecule has 4 heteroatoms. The maximum Gasteiger partial charge on any atom is 0.337 e. The minimum absolute atomic E-state index is 0.281. The van der Waals surface area contributed by atoms with E-state index in [0.717, 1.165) is 26.2 Å². The van der Waals surface area contributed by atoms with Crippen LogP contribution in [0.1, 0.15) is 43.6 Å². The van der Waals surface area contributed by atoms with E-state index in [2.05, 4.69) is 43.6 Å². The number of hydrogen-bond acceptors (Lipinski definition) is 4. The van der Waals surface area contributed by atoms with Crippen LogP contribution in [0.2, 0.25) is 0 Å². The Labute approximate surface area is 146 Å². The second-order valence-electron chi connectivity index (χ2n) is 7.06. The number of carbonyl (C=O) groups excluding carboxylic acids is 1. The summed E-state index contributed by atoms with van der Waals surface area (Å²) >= 11 is 0. The average molecular weight is 330 g/mol. The van der Waals surface area contributed by atoms with Crippen LogP contribution in [0.15, 0.2) is 35.9 Å². The lowest BCUT2D eigenvalue weighted by Gasteiger charge is -2.44. The molecule has 0 bridgehead atoms. The molecule has 0 N–H and O–H groups in total. The quantitative estimate of drug-likeness (QED) is 0.612. The third-order valence-electron chi connectivity index (χ3n) is 4.67. The van der Waals surface area contributed by atoms with Crippen molar-refractivity contribution >= 4 is 5.97 Å². The van der Waals surface area contributed by atoms with Gasteiger partial charge < -0.3 is 4.74 Å². The molecule has 1 aromatic rings. The number of carbonyl (C=O) groups is 1. The zero-order chi connectivity index (χ0) is 17.7. The van der Waals surface area contributed by atoms with Crippen LogP contribution in [0, 0.1) is 0 Å². The number of piperazine rings is 1. The Morgan fingerprint density at radius 3 is 2.25 bits per heavy atom. The Kier molecular flexibility index (Phi) is 6.58. The minimum atomic E-state index is -0.281. The van der Waals surface area contributed by atoms with E-state index in [0.29, 0.717) is 17.6 Å². The van der Waals surface area contributed by atoms with Gasteiger partial charge in [-0.3, -0.25) is 9.80 Å². The number of allylic oxidation sites excluding steroid dienone is 1. The fourth-order valence-corrected chi connectivity index (χ4v) is 3.37. The number of ether oxygens (including phenoxy) is 1. The molecule has 24 heavy (non-hydrogen) atoms.